The van der Waals surface area contributed by atoms with Crippen LogP contribution in [-0.2, 0) is 11.8 Å². The predicted octanol–water partition coefficient (Wildman–Crippen LogP) is 3.00. The largest absolute Gasteiger partial charge is 0.311 e. The molecular formula is C18H21N7O. The maximum absolute atomic E-state index is 11.8. The highest BCUT2D eigenvalue weighted by Gasteiger charge is 2.08. The number of rotatable bonds is 6. The number of nitrogens with zero attached hydrogens (tertiary/aromatic N) is 5. The second-order valence-corrected chi connectivity index (χ2v) is 6.31. The van der Waals surface area contributed by atoms with Crippen LogP contribution in [0.5, 0.6) is 0 Å². The van der Waals surface area contributed by atoms with E-state index in [0.29, 0.717) is 24.1 Å². The fraction of sp³-hybridized carbons (Fsp3) is 0.278. The first-order chi connectivity index (χ1) is 12.5. The molecule has 1 amide bonds. The monoisotopic (exact) mass is 351 g/mol. The molecule has 26 heavy (non-hydrogen) atoms. The van der Waals surface area contributed by atoms with Crippen LogP contribution < -0.4 is 10.6 Å². The Bertz CT molecular complexity index is 887. The molecule has 0 unspecified atom stereocenters. The quantitative estimate of drug-likeness (QED) is 0.708. The van der Waals surface area contributed by atoms with Crippen LogP contribution in [0.15, 0.2) is 42.9 Å². The van der Waals surface area contributed by atoms with E-state index in [9.17, 15) is 4.79 Å². The highest BCUT2D eigenvalue weighted by atomic mass is 16.1. The zero-order valence-corrected chi connectivity index (χ0v) is 15.0. The fourth-order valence-corrected chi connectivity index (χ4v) is 2.37. The van der Waals surface area contributed by atoms with Crippen molar-refractivity contribution >= 4 is 23.5 Å². The molecule has 0 aliphatic heterocycles. The zero-order valence-electron chi connectivity index (χ0n) is 15.0. The predicted molar refractivity (Wildman–Crippen MR) is 99.8 cm³/mol. The second-order valence-electron chi connectivity index (χ2n) is 6.31. The second kappa shape index (κ2) is 7.73. The molecule has 0 aromatic carbocycles. The van der Waals surface area contributed by atoms with Crippen LogP contribution in [-0.4, -0.2) is 30.6 Å². The van der Waals surface area contributed by atoms with Gasteiger partial charge < -0.3 is 10.6 Å². The molecule has 8 heteroatoms. The Morgan fingerprint density at radius 1 is 1.15 bits per heavy atom. The van der Waals surface area contributed by atoms with Gasteiger partial charge >= 0.3 is 0 Å². The molecule has 0 fully saturated rings. The number of aromatic nitrogens is 5. The molecule has 0 saturated carbocycles. The highest BCUT2D eigenvalue weighted by Crippen LogP contribution is 2.20. The third kappa shape index (κ3) is 4.41. The standard InChI is InChI=1S/C18H21N7O/c1-12(2)10-17(26)23-15-5-4-13(11-20-15)14-6-8-19-18(22-14)24-16-7-9-21-25(16)3/h4-9,11-12H,10H2,1-3H3,(H,19,22,24)(H,20,23,26). The lowest BCUT2D eigenvalue weighted by Gasteiger charge is -2.08. The molecule has 3 rings (SSSR count). The van der Waals surface area contributed by atoms with Gasteiger partial charge in [-0.25, -0.2) is 15.0 Å². The first-order valence-corrected chi connectivity index (χ1v) is 8.35. The summed E-state index contributed by atoms with van der Waals surface area (Å²) in [6.45, 7) is 4.00. The van der Waals surface area contributed by atoms with Gasteiger partial charge in [0.1, 0.15) is 11.6 Å². The number of carbonyl (C=O) groups is 1. The van der Waals surface area contributed by atoms with Crippen LogP contribution in [0.3, 0.4) is 0 Å². The number of amides is 1. The minimum atomic E-state index is -0.0371. The maximum Gasteiger partial charge on any atom is 0.228 e. The van der Waals surface area contributed by atoms with E-state index in [2.05, 4.69) is 30.7 Å². The van der Waals surface area contributed by atoms with E-state index < -0.39 is 0 Å². The zero-order chi connectivity index (χ0) is 18.5. The minimum Gasteiger partial charge on any atom is -0.311 e. The van der Waals surface area contributed by atoms with E-state index in [0.717, 1.165) is 17.1 Å². The Hall–Kier alpha value is -3.29. The van der Waals surface area contributed by atoms with Crippen molar-refractivity contribution in [2.75, 3.05) is 10.6 Å². The van der Waals surface area contributed by atoms with Gasteiger partial charge in [-0.1, -0.05) is 13.8 Å². The summed E-state index contributed by atoms with van der Waals surface area (Å²) in [6, 6.07) is 7.28. The third-order valence-electron chi connectivity index (χ3n) is 3.64. The van der Waals surface area contributed by atoms with Gasteiger partial charge in [0, 0.05) is 37.5 Å². The third-order valence-corrected chi connectivity index (χ3v) is 3.64. The van der Waals surface area contributed by atoms with Crippen LogP contribution in [0.25, 0.3) is 11.3 Å². The van der Waals surface area contributed by atoms with Gasteiger partial charge in [0.25, 0.3) is 0 Å². The molecule has 0 aliphatic carbocycles. The lowest BCUT2D eigenvalue weighted by atomic mass is 10.1. The fourth-order valence-electron chi connectivity index (χ4n) is 2.37. The first-order valence-electron chi connectivity index (χ1n) is 8.35. The molecule has 3 heterocycles. The summed E-state index contributed by atoms with van der Waals surface area (Å²) in [6.07, 6.45) is 5.53. The number of nitrogens with one attached hydrogen (secondary N) is 2. The van der Waals surface area contributed by atoms with Crippen LogP contribution in [0, 0.1) is 5.92 Å². The number of carbonyl (C=O) groups excluding carboxylic acids is 1. The van der Waals surface area contributed by atoms with Gasteiger partial charge in [0.05, 0.1) is 11.9 Å². The first kappa shape index (κ1) is 17.5. The molecular weight excluding hydrogens is 330 g/mol. The van der Waals surface area contributed by atoms with Crippen molar-refractivity contribution in [1.29, 1.82) is 0 Å². The topological polar surface area (TPSA) is 97.6 Å². The number of pyridine rings is 1. The summed E-state index contributed by atoms with van der Waals surface area (Å²) in [5.74, 6) is 2.07. The smallest absolute Gasteiger partial charge is 0.228 e. The molecule has 0 saturated heterocycles. The van der Waals surface area contributed by atoms with Crippen molar-refractivity contribution < 1.29 is 4.79 Å². The van der Waals surface area contributed by atoms with Crippen molar-refractivity contribution in [1.82, 2.24) is 24.7 Å². The summed E-state index contributed by atoms with van der Waals surface area (Å²) >= 11 is 0. The molecule has 3 aromatic heterocycles. The van der Waals surface area contributed by atoms with E-state index >= 15 is 0 Å². The van der Waals surface area contributed by atoms with Crippen LogP contribution in [0.1, 0.15) is 20.3 Å². The minimum absolute atomic E-state index is 0.0371. The van der Waals surface area contributed by atoms with Crippen LogP contribution in [0.4, 0.5) is 17.6 Å². The van der Waals surface area contributed by atoms with Gasteiger partial charge in [-0.3, -0.25) is 9.48 Å². The van der Waals surface area contributed by atoms with Crippen molar-refractivity contribution in [3.05, 3.63) is 42.9 Å². The van der Waals surface area contributed by atoms with Gasteiger partial charge in [-0.2, -0.15) is 5.10 Å². The summed E-state index contributed by atoms with van der Waals surface area (Å²) in [5.41, 5.74) is 1.57. The SMILES string of the molecule is CC(C)CC(=O)Nc1ccc(-c2ccnc(Nc3ccnn3C)n2)cn1. The van der Waals surface area contributed by atoms with Gasteiger partial charge in [0.15, 0.2) is 0 Å². The van der Waals surface area contributed by atoms with Crippen molar-refractivity contribution in [3.63, 3.8) is 0 Å². The van der Waals surface area contributed by atoms with Crippen LogP contribution >= 0.6 is 0 Å². The Morgan fingerprint density at radius 2 is 2.00 bits per heavy atom. The Morgan fingerprint density at radius 3 is 2.65 bits per heavy atom. The number of anilines is 3. The molecule has 0 spiro atoms. The van der Waals surface area contributed by atoms with Crippen LogP contribution in [0.2, 0.25) is 0 Å². The lowest BCUT2D eigenvalue weighted by molar-refractivity contribution is -0.116. The Kier molecular flexibility index (Phi) is 5.21. The van der Waals surface area contributed by atoms with Crippen molar-refractivity contribution in [2.45, 2.75) is 20.3 Å². The number of hydrogen-bond acceptors (Lipinski definition) is 6. The highest BCUT2D eigenvalue weighted by molar-refractivity contribution is 5.90. The molecule has 0 bridgehead atoms. The molecule has 134 valence electrons. The molecule has 0 radical (unpaired) electrons. The molecule has 0 aliphatic rings. The summed E-state index contributed by atoms with van der Waals surface area (Å²) < 4.78 is 1.70. The number of aryl methyl sites for hydroxylation is 1. The summed E-state index contributed by atoms with van der Waals surface area (Å²) in [7, 11) is 1.84. The molecule has 0 atom stereocenters. The normalized spacial score (nSPS) is 10.8. The van der Waals surface area contributed by atoms with E-state index in [1.807, 2.05) is 39.1 Å². The summed E-state index contributed by atoms with van der Waals surface area (Å²) in [5, 5.41) is 10.0. The van der Waals surface area contributed by atoms with E-state index in [1.54, 1.807) is 29.3 Å². The van der Waals surface area contributed by atoms with Crippen molar-refractivity contribution in [2.24, 2.45) is 13.0 Å². The van der Waals surface area contributed by atoms with Gasteiger partial charge in [-0.15, -0.1) is 0 Å². The van der Waals surface area contributed by atoms with E-state index in [1.165, 1.54) is 0 Å². The molecule has 3 aromatic rings. The average molecular weight is 351 g/mol. The van der Waals surface area contributed by atoms with E-state index in [-0.39, 0.29) is 5.91 Å². The molecule has 8 nitrogen and oxygen atoms in total. The average Bonchev–Trinajstić information content (AvgIpc) is 3.00. The van der Waals surface area contributed by atoms with E-state index in [4.69, 9.17) is 0 Å². The van der Waals surface area contributed by atoms with Gasteiger partial charge in [0.2, 0.25) is 11.9 Å². The number of hydrogen-bond donors (Lipinski definition) is 2. The molecule has 2 N–H and O–H groups in total. The Balaban J connectivity index is 1.72. The Labute approximate surface area is 151 Å². The lowest BCUT2D eigenvalue weighted by Crippen LogP contribution is -2.14. The summed E-state index contributed by atoms with van der Waals surface area (Å²) in [4.78, 5) is 24.8. The maximum atomic E-state index is 11.8. The van der Waals surface area contributed by atoms with Crippen molar-refractivity contribution in [3.8, 4) is 11.3 Å². The van der Waals surface area contributed by atoms with Gasteiger partial charge in [-0.05, 0) is 24.1 Å².